The zero-order chi connectivity index (χ0) is 36.9. The molecule has 0 aliphatic heterocycles. The first-order chi connectivity index (χ1) is 27.0. The van der Waals surface area contributed by atoms with Crippen molar-refractivity contribution in [3.8, 4) is 78.4 Å². The molecule has 0 fully saturated rings. The Bertz CT molecular complexity index is 2890. The third kappa shape index (κ3) is 5.66. The summed E-state index contributed by atoms with van der Waals surface area (Å²) in [5.41, 5.74) is 17.2. The van der Waals surface area contributed by atoms with Gasteiger partial charge in [-0.1, -0.05) is 184 Å². The molecule has 260 valence electrons. The van der Waals surface area contributed by atoms with Crippen LogP contribution in [-0.4, -0.2) is 9.97 Å². The summed E-state index contributed by atoms with van der Waals surface area (Å²) >= 11 is 0. The smallest absolute Gasteiger partial charge is 0.160 e. The highest BCUT2D eigenvalue weighted by Crippen LogP contribution is 2.53. The highest BCUT2D eigenvalue weighted by molar-refractivity contribution is 5.99. The van der Waals surface area contributed by atoms with Crippen molar-refractivity contribution in [1.82, 2.24) is 9.97 Å². The van der Waals surface area contributed by atoms with E-state index in [1.54, 1.807) is 0 Å². The second-order valence-corrected chi connectivity index (χ2v) is 15.0. The Morgan fingerprint density at radius 1 is 0.327 bits per heavy atom. The highest BCUT2D eigenvalue weighted by atomic mass is 14.9. The molecular weight excluding hydrogens is 665 g/mol. The van der Waals surface area contributed by atoms with E-state index in [-0.39, 0.29) is 5.41 Å². The molecule has 10 rings (SSSR count). The molecule has 55 heavy (non-hydrogen) atoms. The summed E-state index contributed by atoms with van der Waals surface area (Å²) in [5, 5.41) is 2.56. The zero-order valence-corrected chi connectivity index (χ0v) is 30.9. The number of rotatable bonds is 6. The molecule has 2 heteroatoms. The molecule has 1 aliphatic rings. The van der Waals surface area contributed by atoms with E-state index in [4.69, 9.17) is 9.97 Å². The molecule has 0 N–H and O–H groups in total. The predicted molar refractivity (Wildman–Crippen MR) is 230 cm³/mol. The van der Waals surface area contributed by atoms with Crippen LogP contribution in [-0.2, 0) is 5.41 Å². The van der Waals surface area contributed by atoms with Gasteiger partial charge in [-0.25, -0.2) is 9.97 Å². The molecule has 0 saturated carbocycles. The number of fused-ring (bicyclic) bond motifs is 4. The fourth-order valence-corrected chi connectivity index (χ4v) is 8.54. The fourth-order valence-electron chi connectivity index (χ4n) is 8.54. The first kappa shape index (κ1) is 32.7. The van der Waals surface area contributed by atoms with E-state index in [2.05, 4.69) is 190 Å². The van der Waals surface area contributed by atoms with Gasteiger partial charge in [-0.2, -0.15) is 0 Å². The molecule has 0 unspecified atom stereocenters. The van der Waals surface area contributed by atoms with E-state index in [0.717, 1.165) is 50.3 Å². The number of benzene rings is 8. The quantitative estimate of drug-likeness (QED) is 0.172. The van der Waals surface area contributed by atoms with Crippen molar-refractivity contribution < 1.29 is 0 Å². The summed E-state index contributed by atoms with van der Waals surface area (Å²) in [6.45, 7) is 4.72. The van der Waals surface area contributed by atoms with Crippen molar-refractivity contribution in [3.05, 3.63) is 205 Å². The maximum absolute atomic E-state index is 5.27. The molecule has 1 aromatic heterocycles. The lowest BCUT2D eigenvalue weighted by Gasteiger charge is -2.22. The standard InChI is InChI=1S/C53H38N2/c1-53(2)47-30-16-29-43(51(47)46-32-37-21-9-10-22-38(37)33-48(46)53)40-24-15-23-39(31-40)42-26-12-14-28-45(42)50-34-49(54-52(55-50)36-19-7-4-8-20-36)44-27-13-11-25-41(44)35-17-5-3-6-18-35/h3-34H,1-2H3. The molecule has 8 aromatic carbocycles. The third-order valence-electron chi connectivity index (χ3n) is 11.3. The van der Waals surface area contributed by atoms with Gasteiger partial charge in [-0.3, -0.25) is 0 Å². The minimum absolute atomic E-state index is 0.102. The third-order valence-corrected chi connectivity index (χ3v) is 11.3. The maximum atomic E-state index is 5.27. The van der Waals surface area contributed by atoms with Crippen molar-refractivity contribution in [3.63, 3.8) is 0 Å². The van der Waals surface area contributed by atoms with Gasteiger partial charge in [0.2, 0.25) is 0 Å². The monoisotopic (exact) mass is 702 g/mol. The molecule has 0 amide bonds. The van der Waals surface area contributed by atoms with Gasteiger partial charge in [0.05, 0.1) is 11.4 Å². The van der Waals surface area contributed by atoms with Crippen molar-refractivity contribution in [1.29, 1.82) is 0 Å². The van der Waals surface area contributed by atoms with E-state index in [1.165, 1.54) is 44.2 Å². The van der Waals surface area contributed by atoms with Crippen LogP contribution < -0.4 is 0 Å². The van der Waals surface area contributed by atoms with E-state index >= 15 is 0 Å². The summed E-state index contributed by atoms with van der Waals surface area (Å²) in [5.74, 6) is 0.702. The molecule has 1 aliphatic carbocycles. The zero-order valence-electron chi connectivity index (χ0n) is 30.9. The van der Waals surface area contributed by atoms with E-state index < -0.39 is 0 Å². The molecule has 1 heterocycles. The van der Waals surface area contributed by atoms with Crippen LogP contribution >= 0.6 is 0 Å². The topological polar surface area (TPSA) is 25.8 Å². The average molecular weight is 703 g/mol. The minimum Gasteiger partial charge on any atom is -0.228 e. The maximum Gasteiger partial charge on any atom is 0.160 e. The minimum atomic E-state index is -0.102. The molecule has 0 spiro atoms. The number of nitrogens with zero attached hydrogens (tertiary/aromatic N) is 2. The Kier molecular flexibility index (Phi) is 7.85. The van der Waals surface area contributed by atoms with Crippen LogP contribution in [0.5, 0.6) is 0 Å². The first-order valence-corrected chi connectivity index (χ1v) is 19.0. The second kappa shape index (κ2) is 13.2. The average Bonchev–Trinajstić information content (AvgIpc) is 3.48. The lowest BCUT2D eigenvalue weighted by atomic mass is 9.81. The van der Waals surface area contributed by atoms with Crippen molar-refractivity contribution in [2.75, 3.05) is 0 Å². The van der Waals surface area contributed by atoms with E-state index in [0.29, 0.717) is 5.82 Å². The van der Waals surface area contributed by atoms with Crippen LogP contribution in [0.15, 0.2) is 194 Å². The van der Waals surface area contributed by atoms with Crippen LogP contribution in [0.3, 0.4) is 0 Å². The van der Waals surface area contributed by atoms with Crippen molar-refractivity contribution in [2.45, 2.75) is 19.3 Å². The fraction of sp³-hybridized carbons (Fsp3) is 0.0566. The van der Waals surface area contributed by atoms with Gasteiger partial charge in [-0.15, -0.1) is 0 Å². The van der Waals surface area contributed by atoms with Gasteiger partial charge >= 0.3 is 0 Å². The van der Waals surface area contributed by atoms with Crippen LogP contribution in [0.1, 0.15) is 25.0 Å². The summed E-state index contributed by atoms with van der Waals surface area (Å²) in [4.78, 5) is 10.5. The lowest BCUT2D eigenvalue weighted by molar-refractivity contribution is 0.661. The Morgan fingerprint density at radius 3 is 1.45 bits per heavy atom. The van der Waals surface area contributed by atoms with E-state index in [9.17, 15) is 0 Å². The number of hydrogen-bond acceptors (Lipinski definition) is 2. The van der Waals surface area contributed by atoms with Gasteiger partial charge < -0.3 is 0 Å². The molecule has 0 atom stereocenters. The summed E-state index contributed by atoms with van der Waals surface area (Å²) in [6.07, 6.45) is 0. The largest absolute Gasteiger partial charge is 0.228 e. The summed E-state index contributed by atoms with van der Waals surface area (Å²) in [7, 11) is 0. The van der Waals surface area contributed by atoms with Crippen LogP contribution in [0.25, 0.3) is 89.2 Å². The number of aromatic nitrogens is 2. The van der Waals surface area contributed by atoms with Gasteiger partial charge in [0.25, 0.3) is 0 Å². The molecule has 0 saturated heterocycles. The Morgan fingerprint density at radius 2 is 0.800 bits per heavy atom. The molecule has 0 bridgehead atoms. The highest BCUT2D eigenvalue weighted by Gasteiger charge is 2.37. The predicted octanol–water partition coefficient (Wildman–Crippen LogP) is 13.9. The number of hydrogen-bond donors (Lipinski definition) is 0. The van der Waals surface area contributed by atoms with Crippen LogP contribution in [0.4, 0.5) is 0 Å². The van der Waals surface area contributed by atoms with E-state index in [1.807, 2.05) is 18.2 Å². The molecule has 9 aromatic rings. The Hall–Kier alpha value is -6.90. The van der Waals surface area contributed by atoms with Gasteiger partial charge in [0.1, 0.15) is 0 Å². The normalized spacial score (nSPS) is 12.7. The van der Waals surface area contributed by atoms with Crippen molar-refractivity contribution >= 4 is 10.8 Å². The molecule has 2 nitrogen and oxygen atoms in total. The summed E-state index contributed by atoms with van der Waals surface area (Å²) < 4.78 is 0. The molecular formula is C53H38N2. The van der Waals surface area contributed by atoms with Gasteiger partial charge in [-0.05, 0) is 90.7 Å². The second-order valence-electron chi connectivity index (χ2n) is 15.0. The van der Waals surface area contributed by atoms with Crippen LogP contribution in [0.2, 0.25) is 0 Å². The summed E-state index contributed by atoms with van der Waals surface area (Å²) in [6, 6.07) is 69.5. The molecule has 0 radical (unpaired) electrons. The lowest BCUT2D eigenvalue weighted by Crippen LogP contribution is -2.14. The first-order valence-electron chi connectivity index (χ1n) is 19.0. The van der Waals surface area contributed by atoms with Gasteiger partial charge in [0.15, 0.2) is 5.82 Å². The van der Waals surface area contributed by atoms with Crippen LogP contribution in [0, 0.1) is 0 Å². The Balaban J connectivity index is 1.13. The SMILES string of the molecule is CC1(C)c2cc3ccccc3cc2-c2c(-c3cccc(-c4ccccc4-c4cc(-c5ccccc5-c5ccccc5)nc(-c5ccccc5)n4)c3)cccc21. The Labute approximate surface area is 322 Å². The van der Waals surface area contributed by atoms with Crippen molar-refractivity contribution in [2.24, 2.45) is 0 Å². The van der Waals surface area contributed by atoms with Gasteiger partial charge in [0, 0.05) is 22.1 Å².